The molecule has 0 radical (unpaired) electrons. The maximum atomic E-state index is 13.0. The summed E-state index contributed by atoms with van der Waals surface area (Å²) in [6.45, 7) is 1.32. The lowest BCUT2D eigenvalue weighted by atomic mass is 10.2. The molecule has 7 nitrogen and oxygen atoms in total. The van der Waals surface area contributed by atoms with E-state index < -0.39 is 10.0 Å². The van der Waals surface area contributed by atoms with Crippen LogP contribution in [0.3, 0.4) is 0 Å². The minimum atomic E-state index is -3.81. The zero-order valence-electron chi connectivity index (χ0n) is 17.3. The molecule has 1 aromatic heterocycles. The molecule has 1 amide bonds. The first kappa shape index (κ1) is 24.6. The van der Waals surface area contributed by atoms with Crippen molar-refractivity contribution in [3.63, 3.8) is 0 Å². The summed E-state index contributed by atoms with van der Waals surface area (Å²) >= 11 is 12.1. The Bertz CT molecular complexity index is 956. The second-order valence-electron chi connectivity index (χ2n) is 7.17. The third-order valence-corrected chi connectivity index (χ3v) is 6.97. The van der Waals surface area contributed by atoms with Crippen LogP contribution in [-0.4, -0.2) is 74.2 Å². The summed E-state index contributed by atoms with van der Waals surface area (Å²) in [5.41, 5.74) is 0.820. The van der Waals surface area contributed by atoms with Gasteiger partial charge in [0.05, 0.1) is 16.6 Å². The average Bonchev–Trinajstić information content (AvgIpc) is 2.70. The van der Waals surface area contributed by atoms with Gasteiger partial charge in [0.25, 0.3) is 0 Å². The third kappa shape index (κ3) is 6.92. The van der Waals surface area contributed by atoms with Crippen LogP contribution in [0, 0.1) is 0 Å². The number of carbonyl (C=O) groups is 1. The van der Waals surface area contributed by atoms with Crippen molar-refractivity contribution in [3.8, 4) is 0 Å². The molecule has 1 aromatic carbocycles. The van der Waals surface area contributed by atoms with Crippen molar-refractivity contribution in [2.45, 2.75) is 17.9 Å². The van der Waals surface area contributed by atoms with Gasteiger partial charge in [-0.2, -0.15) is 4.31 Å². The van der Waals surface area contributed by atoms with Gasteiger partial charge in [0.2, 0.25) is 15.9 Å². The molecule has 0 N–H and O–H groups in total. The molecule has 0 fully saturated rings. The van der Waals surface area contributed by atoms with E-state index in [2.05, 4.69) is 4.98 Å². The van der Waals surface area contributed by atoms with Gasteiger partial charge in [-0.1, -0.05) is 29.3 Å². The van der Waals surface area contributed by atoms with Crippen molar-refractivity contribution < 1.29 is 13.2 Å². The number of hydrogen-bond acceptors (Lipinski definition) is 5. The van der Waals surface area contributed by atoms with E-state index in [1.165, 1.54) is 25.5 Å². The molecule has 2 rings (SSSR count). The molecular weight excluding hydrogens is 447 g/mol. The molecule has 0 saturated carbocycles. The van der Waals surface area contributed by atoms with Crippen molar-refractivity contribution in [1.29, 1.82) is 0 Å². The fraction of sp³-hybridized carbons (Fsp3) is 0.400. The van der Waals surface area contributed by atoms with Gasteiger partial charge in [0.1, 0.15) is 4.90 Å². The average molecular weight is 473 g/mol. The van der Waals surface area contributed by atoms with E-state index in [-0.39, 0.29) is 17.3 Å². The first-order valence-electron chi connectivity index (χ1n) is 9.34. The quantitative estimate of drug-likeness (QED) is 0.531. The first-order chi connectivity index (χ1) is 14.1. The molecule has 30 heavy (non-hydrogen) atoms. The van der Waals surface area contributed by atoms with Crippen molar-refractivity contribution in [1.82, 2.24) is 19.1 Å². The predicted molar refractivity (Wildman–Crippen MR) is 119 cm³/mol. The highest BCUT2D eigenvalue weighted by Gasteiger charge is 2.25. The van der Waals surface area contributed by atoms with Crippen LogP contribution in [0.4, 0.5) is 0 Å². The van der Waals surface area contributed by atoms with E-state index in [1.807, 2.05) is 19.0 Å². The monoisotopic (exact) mass is 472 g/mol. The molecule has 164 valence electrons. The number of carbonyl (C=O) groups excluding carboxylic acids is 1. The smallest absolute Gasteiger partial charge is 0.244 e. The van der Waals surface area contributed by atoms with Crippen molar-refractivity contribution in [2.24, 2.45) is 0 Å². The fourth-order valence-electron chi connectivity index (χ4n) is 2.78. The zero-order chi connectivity index (χ0) is 22.3. The Labute approximate surface area is 188 Å². The largest absolute Gasteiger partial charge is 0.337 e. The highest BCUT2D eigenvalue weighted by atomic mass is 35.5. The molecule has 0 aliphatic heterocycles. The molecule has 0 unspecified atom stereocenters. The fourth-order valence-corrected chi connectivity index (χ4v) is 4.19. The Balaban J connectivity index is 2.15. The lowest BCUT2D eigenvalue weighted by molar-refractivity contribution is -0.132. The number of benzene rings is 1. The summed E-state index contributed by atoms with van der Waals surface area (Å²) in [6.07, 6.45) is 3.51. The van der Waals surface area contributed by atoms with Crippen LogP contribution in [0.5, 0.6) is 0 Å². The minimum absolute atomic E-state index is 0.0453. The summed E-state index contributed by atoms with van der Waals surface area (Å²) in [7, 11) is 1.49. The number of pyridine rings is 1. The molecule has 10 heteroatoms. The minimum Gasteiger partial charge on any atom is -0.337 e. The summed E-state index contributed by atoms with van der Waals surface area (Å²) in [5.74, 6) is -0.296. The molecular formula is C20H26Cl2N4O3S. The zero-order valence-corrected chi connectivity index (χ0v) is 19.6. The normalized spacial score (nSPS) is 11.8. The van der Waals surface area contributed by atoms with E-state index in [0.29, 0.717) is 23.1 Å². The number of sulfonamides is 1. The molecule has 0 bridgehead atoms. The number of aromatic nitrogens is 1. The summed E-state index contributed by atoms with van der Waals surface area (Å²) in [4.78, 5) is 20.6. The lowest BCUT2D eigenvalue weighted by Crippen LogP contribution is -2.41. The van der Waals surface area contributed by atoms with Crippen LogP contribution in [-0.2, 0) is 21.4 Å². The van der Waals surface area contributed by atoms with E-state index in [9.17, 15) is 13.2 Å². The van der Waals surface area contributed by atoms with Gasteiger partial charge in [0.15, 0.2) is 0 Å². The highest BCUT2D eigenvalue weighted by molar-refractivity contribution is 7.89. The van der Waals surface area contributed by atoms with Crippen LogP contribution in [0.25, 0.3) is 0 Å². The Kier molecular flexibility index (Phi) is 9.06. The number of halogens is 2. The molecule has 1 heterocycles. The number of hydrogen-bond donors (Lipinski definition) is 0. The van der Waals surface area contributed by atoms with Gasteiger partial charge in [-0.05, 0) is 56.9 Å². The Morgan fingerprint density at radius 1 is 1.07 bits per heavy atom. The van der Waals surface area contributed by atoms with Gasteiger partial charge in [-0.3, -0.25) is 9.78 Å². The number of rotatable bonds is 10. The summed E-state index contributed by atoms with van der Waals surface area (Å²) < 4.78 is 26.5. The molecule has 0 atom stereocenters. The van der Waals surface area contributed by atoms with Crippen LogP contribution in [0.2, 0.25) is 10.0 Å². The molecule has 2 aromatic rings. The van der Waals surface area contributed by atoms with Crippen LogP contribution in [0.15, 0.2) is 47.6 Å². The van der Waals surface area contributed by atoms with Gasteiger partial charge in [-0.15, -0.1) is 0 Å². The van der Waals surface area contributed by atoms with E-state index in [4.69, 9.17) is 23.2 Å². The van der Waals surface area contributed by atoms with Gasteiger partial charge >= 0.3 is 0 Å². The van der Waals surface area contributed by atoms with Crippen molar-refractivity contribution >= 4 is 39.1 Å². The SMILES string of the molecule is CN(C)CCCN(Cc1ccc(Cl)c(Cl)c1)C(=O)CN(C)S(=O)(=O)c1cccnc1. The molecule has 0 spiro atoms. The second kappa shape index (κ2) is 11.1. The van der Waals surface area contributed by atoms with Gasteiger partial charge in [0, 0.05) is 32.5 Å². The maximum absolute atomic E-state index is 13.0. The number of nitrogens with zero attached hydrogens (tertiary/aromatic N) is 4. The van der Waals surface area contributed by atoms with E-state index >= 15 is 0 Å². The Morgan fingerprint density at radius 3 is 2.40 bits per heavy atom. The third-order valence-electron chi connectivity index (χ3n) is 4.44. The second-order valence-corrected chi connectivity index (χ2v) is 10.0. The van der Waals surface area contributed by atoms with E-state index in [0.717, 1.165) is 22.8 Å². The molecule has 0 aliphatic rings. The van der Waals surface area contributed by atoms with Crippen LogP contribution < -0.4 is 0 Å². The van der Waals surface area contributed by atoms with Gasteiger partial charge < -0.3 is 9.80 Å². The molecule has 0 saturated heterocycles. The summed E-state index contributed by atoms with van der Waals surface area (Å²) in [6, 6.07) is 8.19. The van der Waals surface area contributed by atoms with Crippen molar-refractivity contribution in [3.05, 3.63) is 58.3 Å². The number of likely N-dealkylation sites (N-methyl/N-ethyl adjacent to an activating group) is 1. The summed E-state index contributed by atoms with van der Waals surface area (Å²) in [5, 5.41) is 0.847. The molecule has 0 aliphatic carbocycles. The highest BCUT2D eigenvalue weighted by Crippen LogP contribution is 2.23. The van der Waals surface area contributed by atoms with E-state index in [1.54, 1.807) is 29.2 Å². The Morgan fingerprint density at radius 2 is 1.80 bits per heavy atom. The van der Waals surface area contributed by atoms with Crippen LogP contribution >= 0.6 is 23.2 Å². The maximum Gasteiger partial charge on any atom is 0.244 e. The van der Waals surface area contributed by atoms with Gasteiger partial charge in [-0.25, -0.2) is 8.42 Å². The first-order valence-corrected chi connectivity index (χ1v) is 11.5. The number of amides is 1. The standard InChI is InChI=1S/C20H26Cl2N4O3S/c1-24(2)10-5-11-26(14-16-7-8-18(21)19(22)12-16)20(27)15-25(3)30(28,29)17-6-4-9-23-13-17/h4,6-9,12-13H,5,10-11,14-15H2,1-3H3. The van der Waals surface area contributed by atoms with Crippen molar-refractivity contribution in [2.75, 3.05) is 40.8 Å². The predicted octanol–water partition coefficient (Wildman–Crippen LogP) is 2.99. The lowest BCUT2D eigenvalue weighted by Gasteiger charge is -2.26. The van der Waals surface area contributed by atoms with Crippen LogP contribution in [0.1, 0.15) is 12.0 Å². The Hall–Kier alpha value is -1.71. The topological polar surface area (TPSA) is 73.8 Å².